The Morgan fingerprint density at radius 2 is 1.71 bits per heavy atom. The normalized spacial score (nSPS) is 15.2. The molecule has 3 rings (SSSR count). The van der Waals surface area contributed by atoms with Crippen molar-refractivity contribution in [3.8, 4) is 0 Å². The molecule has 35 heavy (non-hydrogen) atoms. The second kappa shape index (κ2) is 12.6. The van der Waals surface area contributed by atoms with Gasteiger partial charge in [0.1, 0.15) is 11.9 Å². The van der Waals surface area contributed by atoms with Gasteiger partial charge in [-0.2, -0.15) is 0 Å². The molecule has 1 N–H and O–H groups in total. The minimum Gasteiger partial charge on any atom is -0.367 e. The lowest BCUT2D eigenvalue weighted by Crippen LogP contribution is -2.52. The van der Waals surface area contributed by atoms with Crippen LogP contribution in [0.3, 0.4) is 0 Å². The SMILES string of the molecule is CCC(CC)C(=O)Nc1ccc(N2CCN(C(C(=O)N(CC)CC)c3ccccn3)CC2)c(F)c1. The summed E-state index contributed by atoms with van der Waals surface area (Å²) in [6.07, 6.45) is 3.22. The van der Waals surface area contributed by atoms with Crippen molar-refractivity contribution >= 4 is 23.2 Å². The number of benzene rings is 1. The summed E-state index contributed by atoms with van der Waals surface area (Å²) in [5.74, 6) is -0.460. The number of nitrogens with one attached hydrogen (secondary N) is 1. The van der Waals surface area contributed by atoms with Crippen LogP contribution in [0, 0.1) is 11.7 Å². The first-order valence-corrected chi connectivity index (χ1v) is 12.7. The number of piperazine rings is 1. The average molecular weight is 484 g/mol. The molecule has 1 aliphatic heterocycles. The number of rotatable bonds is 10. The first kappa shape index (κ1) is 26.6. The van der Waals surface area contributed by atoms with Crippen LogP contribution in [0.15, 0.2) is 42.6 Å². The van der Waals surface area contributed by atoms with E-state index in [2.05, 4.69) is 15.2 Å². The van der Waals surface area contributed by atoms with Gasteiger partial charge in [-0.1, -0.05) is 19.9 Å². The van der Waals surface area contributed by atoms with E-state index in [-0.39, 0.29) is 23.5 Å². The van der Waals surface area contributed by atoms with Crippen LogP contribution in [0.1, 0.15) is 52.3 Å². The third kappa shape index (κ3) is 6.36. The minimum absolute atomic E-state index is 0.0471. The maximum atomic E-state index is 15.0. The molecule has 1 saturated heterocycles. The molecule has 1 unspecified atom stereocenters. The van der Waals surface area contributed by atoms with E-state index in [4.69, 9.17) is 0 Å². The second-order valence-corrected chi connectivity index (χ2v) is 8.86. The molecule has 190 valence electrons. The van der Waals surface area contributed by atoms with Gasteiger partial charge in [0, 0.05) is 57.1 Å². The van der Waals surface area contributed by atoms with Gasteiger partial charge < -0.3 is 15.1 Å². The Bertz CT molecular complexity index is 971. The number of carbonyl (C=O) groups is 2. The Morgan fingerprint density at radius 1 is 1.03 bits per heavy atom. The lowest BCUT2D eigenvalue weighted by Gasteiger charge is -2.40. The fourth-order valence-corrected chi connectivity index (χ4v) is 4.68. The van der Waals surface area contributed by atoms with Gasteiger partial charge in [-0.25, -0.2) is 4.39 Å². The van der Waals surface area contributed by atoms with E-state index in [0.29, 0.717) is 50.6 Å². The fraction of sp³-hybridized carbons (Fsp3) is 0.519. The van der Waals surface area contributed by atoms with E-state index in [0.717, 1.165) is 18.5 Å². The third-order valence-corrected chi connectivity index (χ3v) is 6.87. The second-order valence-electron chi connectivity index (χ2n) is 8.86. The van der Waals surface area contributed by atoms with E-state index in [1.165, 1.54) is 6.07 Å². The van der Waals surface area contributed by atoms with Crippen LogP contribution in [0.5, 0.6) is 0 Å². The van der Waals surface area contributed by atoms with Gasteiger partial charge in [-0.05, 0) is 57.0 Å². The fourth-order valence-electron chi connectivity index (χ4n) is 4.68. The lowest BCUT2D eigenvalue weighted by atomic mass is 10.0. The Balaban J connectivity index is 1.71. The summed E-state index contributed by atoms with van der Waals surface area (Å²) in [6.45, 7) is 11.6. The predicted octanol–water partition coefficient (Wildman–Crippen LogP) is 4.33. The van der Waals surface area contributed by atoms with Crippen molar-refractivity contribution in [2.24, 2.45) is 5.92 Å². The van der Waals surface area contributed by atoms with Crippen LogP contribution < -0.4 is 10.2 Å². The molecule has 1 fully saturated rings. The number of pyridine rings is 1. The molecule has 1 aromatic carbocycles. The van der Waals surface area contributed by atoms with Crippen LogP contribution in [-0.4, -0.2) is 65.9 Å². The molecule has 0 spiro atoms. The highest BCUT2D eigenvalue weighted by molar-refractivity contribution is 5.92. The number of likely N-dealkylation sites (N-methyl/N-ethyl adjacent to an activating group) is 1. The van der Waals surface area contributed by atoms with E-state index in [1.807, 2.05) is 55.7 Å². The standard InChI is InChI=1S/C27H38FN5O2/c1-5-20(6-2)26(34)30-21-12-13-24(22(28)19-21)32-15-17-33(18-16-32)25(23-11-9-10-14-29-23)27(35)31(7-3)8-4/h9-14,19-20,25H,5-8,15-18H2,1-4H3,(H,30,34). The summed E-state index contributed by atoms with van der Waals surface area (Å²) in [7, 11) is 0. The molecule has 1 aliphatic rings. The van der Waals surface area contributed by atoms with Gasteiger partial charge in [0.15, 0.2) is 0 Å². The molecular weight excluding hydrogens is 445 g/mol. The number of carbonyl (C=O) groups excluding carboxylic acids is 2. The summed E-state index contributed by atoms with van der Waals surface area (Å²) >= 11 is 0. The number of anilines is 2. The molecule has 0 bridgehead atoms. The lowest BCUT2D eigenvalue weighted by molar-refractivity contribution is -0.137. The molecule has 2 amide bonds. The number of halogens is 1. The molecule has 0 radical (unpaired) electrons. The van der Waals surface area contributed by atoms with Crippen molar-refractivity contribution in [3.63, 3.8) is 0 Å². The quantitative estimate of drug-likeness (QED) is 0.545. The van der Waals surface area contributed by atoms with Crippen LogP contribution in [0.4, 0.5) is 15.8 Å². The highest BCUT2D eigenvalue weighted by Crippen LogP contribution is 2.28. The van der Waals surface area contributed by atoms with Crippen LogP contribution >= 0.6 is 0 Å². The van der Waals surface area contributed by atoms with E-state index < -0.39 is 6.04 Å². The number of hydrogen-bond donors (Lipinski definition) is 1. The molecule has 2 heterocycles. The molecule has 2 aromatic rings. The summed E-state index contributed by atoms with van der Waals surface area (Å²) in [5.41, 5.74) is 1.72. The molecule has 8 heteroatoms. The van der Waals surface area contributed by atoms with E-state index in [9.17, 15) is 9.59 Å². The van der Waals surface area contributed by atoms with Crippen molar-refractivity contribution in [2.45, 2.75) is 46.6 Å². The van der Waals surface area contributed by atoms with Gasteiger partial charge >= 0.3 is 0 Å². The monoisotopic (exact) mass is 483 g/mol. The van der Waals surface area contributed by atoms with Crippen LogP contribution in [-0.2, 0) is 9.59 Å². The van der Waals surface area contributed by atoms with Crippen LogP contribution in [0.2, 0.25) is 0 Å². The summed E-state index contributed by atoms with van der Waals surface area (Å²) < 4.78 is 15.0. The number of hydrogen-bond acceptors (Lipinski definition) is 5. The van der Waals surface area contributed by atoms with E-state index in [1.54, 1.807) is 18.3 Å². The predicted molar refractivity (Wildman–Crippen MR) is 138 cm³/mol. The van der Waals surface area contributed by atoms with Crippen molar-refractivity contribution in [1.82, 2.24) is 14.8 Å². The van der Waals surface area contributed by atoms with Crippen LogP contribution in [0.25, 0.3) is 0 Å². The summed E-state index contributed by atoms with van der Waals surface area (Å²) in [4.78, 5) is 36.2. The van der Waals surface area contributed by atoms with Gasteiger partial charge in [0.25, 0.3) is 0 Å². The topological polar surface area (TPSA) is 68.8 Å². The Kier molecular flexibility index (Phi) is 9.60. The molecule has 7 nitrogen and oxygen atoms in total. The smallest absolute Gasteiger partial charge is 0.246 e. The van der Waals surface area contributed by atoms with Crippen molar-refractivity contribution in [1.29, 1.82) is 0 Å². The first-order valence-electron chi connectivity index (χ1n) is 12.7. The third-order valence-electron chi connectivity index (χ3n) is 6.87. The minimum atomic E-state index is -0.453. The largest absolute Gasteiger partial charge is 0.367 e. The van der Waals surface area contributed by atoms with Gasteiger partial charge in [0.2, 0.25) is 11.8 Å². The highest BCUT2D eigenvalue weighted by atomic mass is 19.1. The van der Waals surface area contributed by atoms with Crippen molar-refractivity contribution in [2.75, 3.05) is 49.5 Å². The summed E-state index contributed by atoms with van der Waals surface area (Å²) in [6, 6.07) is 10.1. The van der Waals surface area contributed by atoms with E-state index >= 15 is 4.39 Å². The maximum Gasteiger partial charge on any atom is 0.246 e. The number of nitrogens with zero attached hydrogens (tertiary/aromatic N) is 4. The van der Waals surface area contributed by atoms with Gasteiger partial charge in [-0.3, -0.25) is 19.5 Å². The Morgan fingerprint density at radius 3 is 2.26 bits per heavy atom. The molecule has 0 saturated carbocycles. The molecule has 1 aromatic heterocycles. The zero-order valence-corrected chi connectivity index (χ0v) is 21.3. The maximum absolute atomic E-state index is 15.0. The zero-order valence-electron chi connectivity index (χ0n) is 21.3. The molecule has 0 aliphatic carbocycles. The zero-order chi connectivity index (χ0) is 25.4. The highest BCUT2D eigenvalue weighted by Gasteiger charge is 2.34. The van der Waals surface area contributed by atoms with Crippen molar-refractivity contribution < 1.29 is 14.0 Å². The molecular formula is C27H38FN5O2. The van der Waals surface area contributed by atoms with Gasteiger partial charge in [0.05, 0.1) is 11.4 Å². The molecule has 1 atom stereocenters. The summed E-state index contributed by atoms with van der Waals surface area (Å²) in [5, 5.41) is 2.83. The number of amides is 2. The Labute approximate surface area is 208 Å². The van der Waals surface area contributed by atoms with Crippen molar-refractivity contribution in [3.05, 3.63) is 54.1 Å². The Hall–Kier alpha value is -3.00. The first-order chi connectivity index (χ1) is 16.9. The van der Waals surface area contributed by atoms with Gasteiger partial charge in [-0.15, -0.1) is 0 Å². The average Bonchev–Trinajstić information content (AvgIpc) is 2.87. The number of aromatic nitrogens is 1.